The molecule has 3 amide bonds. The number of anilines is 2. The average molecular weight is 447 g/mol. The normalized spacial score (nSPS) is 19.8. The highest BCUT2D eigenvalue weighted by Crippen LogP contribution is 2.44. The molecule has 2 saturated carbocycles. The molecule has 3 aliphatic rings. The molecule has 0 bridgehead atoms. The number of nitrogens with zero attached hydrogens (tertiary/aromatic N) is 2. The first-order valence-corrected chi connectivity index (χ1v) is 11.8. The number of hydrogen-bond acceptors (Lipinski definition) is 4. The lowest BCUT2D eigenvalue weighted by Gasteiger charge is -2.41. The fourth-order valence-corrected chi connectivity index (χ4v) is 4.53. The minimum atomic E-state index is -0.151. The van der Waals surface area contributed by atoms with Crippen LogP contribution in [0, 0.1) is 11.8 Å². The van der Waals surface area contributed by atoms with Crippen LogP contribution in [0.5, 0.6) is 0 Å². The molecule has 3 N–H and O–H groups in total. The van der Waals surface area contributed by atoms with E-state index in [1.165, 1.54) is 0 Å². The van der Waals surface area contributed by atoms with Gasteiger partial charge in [-0.25, -0.2) is 0 Å². The lowest BCUT2D eigenvalue weighted by Crippen LogP contribution is -2.52. The van der Waals surface area contributed by atoms with Gasteiger partial charge in [-0.15, -0.1) is 0 Å². The van der Waals surface area contributed by atoms with Crippen LogP contribution in [-0.2, 0) is 9.59 Å². The van der Waals surface area contributed by atoms with Gasteiger partial charge < -0.3 is 20.9 Å². The van der Waals surface area contributed by atoms with Gasteiger partial charge in [0.15, 0.2) is 0 Å². The molecule has 1 atom stereocenters. The summed E-state index contributed by atoms with van der Waals surface area (Å²) in [7, 11) is 0. The standard InChI is InChI=1S/C26H30N4O3/c1-16-15-29(25(32)19-6-7-19)23-14-21(10-11-22(23)30(16)26(33)20-8-9-20)17-2-4-18(5-3-17)24(31)28-13-12-27/h2-5,10-11,14,16,19-20H,6-9,12-13,15,27H2,1H3,(H,28,31)/t16-/m0/s1. The van der Waals surface area contributed by atoms with Crippen LogP contribution in [0.4, 0.5) is 11.4 Å². The van der Waals surface area contributed by atoms with Crippen LogP contribution in [0.15, 0.2) is 42.5 Å². The highest BCUT2D eigenvalue weighted by atomic mass is 16.2. The quantitative estimate of drug-likeness (QED) is 0.713. The number of nitrogens with two attached hydrogens (primary N) is 1. The third-order valence-corrected chi connectivity index (χ3v) is 6.68. The van der Waals surface area contributed by atoms with Gasteiger partial charge in [0.05, 0.1) is 17.4 Å². The van der Waals surface area contributed by atoms with Gasteiger partial charge in [-0.2, -0.15) is 0 Å². The molecule has 172 valence electrons. The van der Waals surface area contributed by atoms with Crippen molar-refractivity contribution in [2.45, 2.75) is 38.6 Å². The molecule has 7 nitrogen and oxygen atoms in total. The zero-order valence-electron chi connectivity index (χ0n) is 18.9. The van der Waals surface area contributed by atoms with Crippen LogP contribution in [-0.4, -0.2) is 43.4 Å². The van der Waals surface area contributed by atoms with Crippen LogP contribution < -0.4 is 20.9 Å². The number of amides is 3. The van der Waals surface area contributed by atoms with Gasteiger partial charge in [0, 0.05) is 37.0 Å². The summed E-state index contributed by atoms with van der Waals surface area (Å²) in [4.78, 5) is 42.1. The first-order chi connectivity index (χ1) is 16.0. The van der Waals surface area contributed by atoms with Crippen LogP contribution >= 0.6 is 0 Å². The lowest BCUT2D eigenvalue weighted by atomic mass is 9.99. The average Bonchev–Trinajstić information content (AvgIpc) is 3.73. The minimum Gasteiger partial charge on any atom is -0.351 e. The van der Waals surface area contributed by atoms with Gasteiger partial charge in [-0.3, -0.25) is 14.4 Å². The van der Waals surface area contributed by atoms with E-state index in [0.29, 0.717) is 25.2 Å². The van der Waals surface area contributed by atoms with Gasteiger partial charge in [0.2, 0.25) is 11.8 Å². The van der Waals surface area contributed by atoms with Gasteiger partial charge >= 0.3 is 0 Å². The fourth-order valence-electron chi connectivity index (χ4n) is 4.53. The van der Waals surface area contributed by atoms with Gasteiger partial charge in [-0.1, -0.05) is 18.2 Å². The maximum Gasteiger partial charge on any atom is 0.251 e. The fraction of sp³-hybridized carbons (Fsp3) is 0.423. The second-order valence-electron chi connectivity index (χ2n) is 9.38. The molecule has 5 rings (SSSR count). The first kappa shape index (κ1) is 21.6. The summed E-state index contributed by atoms with van der Waals surface area (Å²) in [6.07, 6.45) is 3.78. The third kappa shape index (κ3) is 4.25. The van der Waals surface area contributed by atoms with E-state index in [1.807, 2.05) is 47.1 Å². The van der Waals surface area contributed by atoms with Crippen molar-refractivity contribution in [2.75, 3.05) is 29.4 Å². The molecule has 1 aliphatic heterocycles. The molecule has 0 saturated heterocycles. The molecule has 2 aliphatic carbocycles. The maximum absolute atomic E-state index is 13.1. The van der Waals surface area contributed by atoms with Crippen molar-refractivity contribution in [3.8, 4) is 11.1 Å². The Morgan fingerprint density at radius 1 is 0.909 bits per heavy atom. The Bertz CT molecular complexity index is 1090. The molecule has 33 heavy (non-hydrogen) atoms. The lowest BCUT2D eigenvalue weighted by molar-refractivity contribution is -0.122. The predicted molar refractivity (Wildman–Crippen MR) is 128 cm³/mol. The second-order valence-corrected chi connectivity index (χ2v) is 9.38. The summed E-state index contributed by atoms with van der Waals surface area (Å²) in [5, 5.41) is 2.77. The number of rotatable bonds is 6. The van der Waals surface area contributed by atoms with Gasteiger partial charge in [0.25, 0.3) is 5.91 Å². The summed E-state index contributed by atoms with van der Waals surface area (Å²) in [6, 6.07) is 13.3. The Kier molecular flexibility index (Phi) is 5.66. The highest BCUT2D eigenvalue weighted by molar-refractivity contribution is 6.07. The van der Waals surface area contributed by atoms with E-state index < -0.39 is 0 Å². The predicted octanol–water partition coefficient (Wildman–Crippen LogP) is 2.93. The second kappa shape index (κ2) is 8.63. The smallest absolute Gasteiger partial charge is 0.251 e. The Hall–Kier alpha value is -3.19. The molecule has 0 aromatic heterocycles. The van der Waals surface area contributed by atoms with Crippen LogP contribution in [0.2, 0.25) is 0 Å². The molecular weight excluding hydrogens is 416 g/mol. The van der Waals surface area contributed by atoms with Crippen LogP contribution in [0.1, 0.15) is 43.0 Å². The molecule has 7 heteroatoms. The highest BCUT2D eigenvalue weighted by Gasteiger charge is 2.43. The number of carbonyl (C=O) groups excluding carboxylic acids is 3. The summed E-state index contributed by atoms with van der Waals surface area (Å²) in [5.74, 6) is 0.393. The first-order valence-electron chi connectivity index (χ1n) is 11.8. The van der Waals surface area contributed by atoms with Crippen molar-refractivity contribution < 1.29 is 14.4 Å². The van der Waals surface area contributed by atoms with E-state index in [1.54, 1.807) is 12.1 Å². The number of hydrogen-bond donors (Lipinski definition) is 2. The molecule has 2 fully saturated rings. The van der Waals surface area contributed by atoms with E-state index in [2.05, 4.69) is 5.32 Å². The summed E-state index contributed by atoms with van der Waals surface area (Å²) in [6.45, 7) is 3.38. The van der Waals surface area contributed by atoms with E-state index >= 15 is 0 Å². The molecule has 0 unspecified atom stereocenters. The molecular formula is C26H30N4O3. The van der Waals surface area contributed by atoms with Crippen molar-refractivity contribution in [2.24, 2.45) is 17.6 Å². The van der Waals surface area contributed by atoms with Crippen LogP contribution in [0.25, 0.3) is 11.1 Å². The van der Waals surface area contributed by atoms with Crippen molar-refractivity contribution in [1.29, 1.82) is 0 Å². The Labute approximate surface area is 193 Å². The Balaban J connectivity index is 1.48. The zero-order valence-corrected chi connectivity index (χ0v) is 18.9. The number of carbonyl (C=O) groups is 3. The summed E-state index contributed by atoms with van der Waals surface area (Å²) < 4.78 is 0. The molecule has 0 spiro atoms. The Morgan fingerprint density at radius 3 is 2.18 bits per heavy atom. The topological polar surface area (TPSA) is 95.7 Å². The number of nitrogens with one attached hydrogen (secondary N) is 1. The van der Waals surface area contributed by atoms with Crippen molar-refractivity contribution >= 4 is 29.1 Å². The largest absolute Gasteiger partial charge is 0.351 e. The molecule has 2 aromatic rings. The molecule has 0 radical (unpaired) electrons. The van der Waals surface area contributed by atoms with E-state index in [9.17, 15) is 14.4 Å². The summed E-state index contributed by atoms with van der Waals surface area (Å²) >= 11 is 0. The van der Waals surface area contributed by atoms with E-state index in [4.69, 9.17) is 5.73 Å². The summed E-state index contributed by atoms with van der Waals surface area (Å²) in [5.41, 5.74) is 9.56. The molecule has 2 aromatic carbocycles. The third-order valence-electron chi connectivity index (χ3n) is 6.68. The Morgan fingerprint density at radius 2 is 1.55 bits per heavy atom. The van der Waals surface area contributed by atoms with E-state index in [-0.39, 0.29) is 35.6 Å². The van der Waals surface area contributed by atoms with Crippen molar-refractivity contribution in [3.05, 3.63) is 48.0 Å². The van der Waals surface area contributed by atoms with Crippen molar-refractivity contribution in [1.82, 2.24) is 5.32 Å². The molecule has 1 heterocycles. The zero-order chi connectivity index (χ0) is 23.1. The number of benzene rings is 2. The SMILES string of the molecule is C[C@H]1CN(C(=O)C2CC2)c2cc(-c3ccc(C(=O)NCCN)cc3)ccc2N1C(=O)C1CC1. The van der Waals surface area contributed by atoms with Crippen LogP contribution in [0.3, 0.4) is 0 Å². The minimum absolute atomic E-state index is 0.0505. The van der Waals surface area contributed by atoms with Gasteiger partial charge in [0.1, 0.15) is 0 Å². The van der Waals surface area contributed by atoms with Crippen molar-refractivity contribution in [3.63, 3.8) is 0 Å². The number of fused-ring (bicyclic) bond motifs is 1. The van der Waals surface area contributed by atoms with Gasteiger partial charge in [-0.05, 0) is 68.0 Å². The maximum atomic E-state index is 13.1. The van der Waals surface area contributed by atoms with E-state index in [0.717, 1.165) is 48.2 Å². The monoisotopic (exact) mass is 446 g/mol.